The van der Waals surface area contributed by atoms with Gasteiger partial charge in [-0.15, -0.1) is 0 Å². The highest BCUT2D eigenvalue weighted by atomic mass is 16.3. The van der Waals surface area contributed by atoms with Crippen molar-refractivity contribution in [3.05, 3.63) is 23.9 Å². The Morgan fingerprint density at radius 1 is 1.44 bits per heavy atom. The Morgan fingerprint density at radius 2 is 2.12 bits per heavy atom. The molecule has 0 radical (unpaired) electrons. The summed E-state index contributed by atoms with van der Waals surface area (Å²) < 4.78 is 0. The van der Waals surface area contributed by atoms with E-state index in [1.54, 1.807) is 0 Å². The van der Waals surface area contributed by atoms with Gasteiger partial charge in [-0.25, -0.2) is 4.98 Å². The average Bonchev–Trinajstić information content (AvgIpc) is 2.13. The molecule has 0 aliphatic rings. The smallest absolute Gasteiger partial charge is 0.126 e. The van der Waals surface area contributed by atoms with Gasteiger partial charge in [0.25, 0.3) is 0 Å². The van der Waals surface area contributed by atoms with E-state index >= 15 is 0 Å². The molecular weight excluding hydrogens is 200 g/mol. The highest BCUT2D eigenvalue weighted by molar-refractivity contribution is 5.35. The minimum Gasteiger partial charge on any atom is -0.388 e. The molecule has 90 valence electrons. The Kier molecular flexibility index (Phi) is 4.30. The molecule has 0 amide bonds. The van der Waals surface area contributed by atoms with Gasteiger partial charge in [0.15, 0.2) is 0 Å². The summed E-state index contributed by atoms with van der Waals surface area (Å²) in [6.45, 7) is 8.56. The summed E-state index contributed by atoms with van der Waals surface area (Å²) in [7, 11) is 0. The van der Waals surface area contributed by atoms with Crippen molar-refractivity contribution in [2.24, 2.45) is 5.92 Å². The van der Waals surface area contributed by atoms with Crippen molar-refractivity contribution >= 4 is 5.82 Å². The van der Waals surface area contributed by atoms with Gasteiger partial charge in [-0.3, -0.25) is 0 Å². The normalized spacial score (nSPS) is 14.9. The Bertz CT molecular complexity index is 334. The van der Waals surface area contributed by atoms with E-state index in [1.807, 2.05) is 32.0 Å². The van der Waals surface area contributed by atoms with Crippen LogP contribution in [0.4, 0.5) is 5.82 Å². The molecule has 3 heteroatoms. The molecule has 1 atom stereocenters. The highest BCUT2D eigenvalue weighted by Crippen LogP contribution is 2.17. The van der Waals surface area contributed by atoms with E-state index in [2.05, 4.69) is 24.1 Å². The van der Waals surface area contributed by atoms with E-state index in [4.69, 9.17) is 0 Å². The van der Waals surface area contributed by atoms with Crippen LogP contribution in [0.15, 0.2) is 18.2 Å². The predicted molar refractivity (Wildman–Crippen MR) is 67.5 cm³/mol. The maximum Gasteiger partial charge on any atom is 0.126 e. The number of aliphatic hydroxyl groups is 1. The van der Waals surface area contributed by atoms with Crippen molar-refractivity contribution < 1.29 is 5.11 Å². The minimum absolute atomic E-state index is 0.488. The lowest BCUT2D eigenvalue weighted by Crippen LogP contribution is -2.35. The van der Waals surface area contributed by atoms with Gasteiger partial charge >= 0.3 is 0 Å². The van der Waals surface area contributed by atoms with Crippen molar-refractivity contribution in [3.8, 4) is 0 Å². The largest absolute Gasteiger partial charge is 0.388 e. The molecule has 0 aliphatic heterocycles. The van der Waals surface area contributed by atoms with E-state index in [1.165, 1.54) is 0 Å². The van der Waals surface area contributed by atoms with Crippen LogP contribution in [0.3, 0.4) is 0 Å². The SMILES string of the molecule is Cc1cccc(NCC(C)(O)CC(C)C)n1. The van der Waals surface area contributed by atoms with Crippen molar-refractivity contribution in [2.45, 2.75) is 39.7 Å². The Balaban J connectivity index is 2.50. The molecule has 1 unspecified atom stereocenters. The molecule has 0 fully saturated rings. The van der Waals surface area contributed by atoms with Crippen LogP contribution < -0.4 is 5.32 Å². The first-order valence-corrected chi connectivity index (χ1v) is 5.79. The molecule has 16 heavy (non-hydrogen) atoms. The molecule has 1 heterocycles. The summed E-state index contributed by atoms with van der Waals surface area (Å²) >= 11 is 0. The monoisotopic (exact) mass is 222 g/mol. The molecular formula is C13H22N2O. The van der Waals surface area contributed by atoms with Gasteiger partial charge in [0.1, 0.15) is 5.82 Å². The topological polar surface area (TPSA) is 45.1 Å². The first kappa shape index (κ1) is 13.0. The second-order valence-corrected chi connectivity index (χ2v) is 5.11. The number of anilines is 1. The molecule has 1 aromatic heterocycles. The average molecular weight is 222 g/mol. The zero-order valence-corrected chi connectivity index (χ0v) is 10.6. The van der Waals surface area contributed by atoms with Gasteiger partial charge < -0.3 is 10.4 Å². The lowest BCUT2D eigenvalue weighted by Gasteiger charge is -2.25. The number of hydrogen-bond acceptors (Lipinski definition) is 3. The van der Waals surface area contributed by atoms with Crippen molar-refractivity contribution in [1.82, 2.24) is 4.98 Å². The van der Waals surface area contributed by atoms with Crippen LogP contribution in [0.2, 0.25) is 0 Å². The predicted octanol–water partition coefficient (Wildman–Crippen LogP) is 2.60. The lowest BCUT2D eigenvalue weighted by atomic mass is 9.94. The van der Waals surface area contributed by atoms with E-state index in [9.17, 15) is 5.11 Å². The fourth-order valence-electron chi connectivity index (χ4n) is 1.87. The summed E-state index contributed by atoms with van der Waals surface area (Å²) in [6, 6.07) is 5.83. The van der Waals surface area contributed by atoms with Crippen molar-refractivity contribution in [1.29, 1.82) is 0 Å². The third-order valence-electron chi connectivity index (χ3n) is 2.39. The van der Waals surface area contributed by atoms with Crippen LogP contribution in [0.5, 0.6) is 0 Å². The third-order valence-corrected chi connectivity index (χ3v) is 2.39. The molecule has 1 aromatic rings. The molecule has 0 spiro atoms. The van der Waals surface area contributed by atoms with Gasteiger partial charge in [-0.1, -0.05) is 19.9 Å². The van der Waals surface area contributed by atoms with Crippen LogP contribution in [-0.2, 0) is 0 Å². The summed E-state index contributed by atoms with van der Waals surface area (Å²) in [5.41, 5.74) is 0.299. The van der Waals surface area contributed by atoms with Gasteiger partial charge in [-0.2, -0.15) is 0 Å². The van der Waals surface area contributed by atoms with Gasteiger partial charge in [0.05, 0.1) is 5.60 Å². The van der Waals surface area contributed by atoms with Crippen molar-refractivity contribution in [2.75, 3.05) is 11.9 Å². The molecule has 3 nitrogen and oxygen atoms in total. The zero-order valence-electron chi connectivity index (χ0n) is 10.6. The van der Waals surface area contributed by atoms with Crippen LogP contribution in [-0.4, -0.2) is 22.2 Å². The summed E-state index contributed by atoms with van der Waals surface area (Å²) in [6.07, 6.45) is 0.784. The maximum absolute atomic E-state index is 10.1. The number of nitrogens with zero attached hydrogens (tertiary/aromatic N) is 1. The molecule has 0 saturated carbocycles. The number of pyridine rings is 1. The minimum atomic E-state index is -0.681. The lowest BCUT2D eigenvalue weighted by molar-refractivity contribution is 0.0515. The van der Waals surface area contributed by atoms with Crippen LogP contribution >= 0.6 is 0 Å². The van der Waals surface area contributed by atoms with E-state index < -0.39 is 5.60 Å². The summed E-state index contributed by atoms with van der Waals surface area (Å²) in [5, 5.41) is 13.3. The van der Waals surface area contributed by atoms with Gasteiger partial charge in [0, 0.05) is 12.2 Å². The standard InChI is InChI=1S/C13H22N2O/c1-10(2)8-13(4,16)9-14-12-7-5-6-11(3)15-12/h5-7,10,16H,8-9H2,1-4H3,(H,14,15). The number of nitrogens with one attached hydrogen (secondary N) is 1. The molecule has 0 bridgehead atoms. The van der Waals surface area contributed by atoms with Crippen molar-refractivity contribution in [3.63, 3.8) is 0 Å². The van der Waals surface area contributed by atoms with Crippen LogP contribution in [0.1, 0.15) is 32.9 Å². The molecule has 2 N–H and O–H groups in total. The Morgan fingerprint density at radius 3 is 2.69 bits per heavy atom. The number of rotatable bonds is 5. The van der Waals surface area contributed by atoms with E-state index in [0.717, 1.165) is 17.9 Å². The van der Waals surface area contributed by atoms with E-state index in [-0.39, 0.29) is 0 Å². The Labute approximate surface area is 97.9 Å². The third kappa shape index (κ3) is 4.62. The zero-order chi connectivity index (χ0) is 12.2. The van der Waals surface area contributed by atoms with Crippen LogP contribution in [0, 0.1) is 12.8 Å². The highest BCUT2D eigenvalue weighted by Gasteiger charge is 2.21. The quantitative estimate of drug-likeness (QED) is 0.805. The second kappa shape index (κ2) is 5.30. The number of hydrogen-bond donors (Lipinski definition) is 2. The summed E-state index contributed by atoms with van der Waals surface area (Å²) in [4.78, 5) is 4.33. The first-order valence-electron chi connectivity index (χ1n) is 5.79. The molecule has 0 aliphatic carbocycles. The Hall–Kier alpha value is -1.09. The van der Waals surface area contributed by atoms with Gasteiger partial charge in [0.2, 0.25) is 0 Å². The number of aromatic nitrogens is 1. The summed E-state index contributed by atoms with van der Waals surface area (Å²) in [5.74, 6) is 1.31. The van der Waals surface area contributed by atoms with Crippen LogP contribution in [0.25, 0.3) is 0 Å². The second-order valence-electron chi connectivity index (χ2n) is 5.11. The molecule has 0 aromatic carbocycles. The first-order chi connectivity index (χ1) is 7.39. The fourth-order valence-corrected chi connectivity index (χ4v) is 1.87. The maximum atomic E-state index is 10.1. The van der Waals surface area contributed by atoms with E-state index in [0.29, 0.717) is 12.5 Å². The fraction of sp³-hybridized carbons (Fsp3) is 0.615. The molecule has 0 saturated heterocycles. The molecule has 1 rings (SSSR count). The number of aryl methyl sites for hydroxylation is 1. The van der Waals surface area contributed by atoms with Gasteiger partial charge in [-0.05, 0) is 38.3 Å².